The van der Waals surface area contributed by atoms with Crippen LogP contribution in [0.4, 0.5) is 8.78 Å². The van der Waals surface area contributed by atoms with E-state index in [2.05, 4.69) is 11.8 Å². The lowest BCUT2D eigenvalue weighted by molar-refractivity contribution is 0.252. The molecule has 16 heavy (non-hydrogen) atoms. The molecule has 0 nitrogen and oxygen atoms in total. The second-order valence-corrected chi connectivity index (χ2v) is 4.44. The Balaban J connectivity index is 2.53. The maximum atomic E-state index is 12.0. The van der Waals surface area contributed by atoms with Gasteiger partial charge in [0, 0.05) is 22.8 Å². The third-order valence-electron chi connectivity index (χ3n) is 1.75. The Morgan fingerprint density at radius 1 is 1.25 bits per heavy atom. The summed E-state index contributed by atoms with van der Waals surface area (Å²) in [5.74, 6) is 4.16. The van der Waals surface area contributed by atoms with Gasteiger partial charge in [-0.15, -0.1) is 11.6 Å². The highest BCUT2D eigenvalue weighted by molar-refractivity contribution is 7.99. The molecule has 0 aromatic heterocycles. The number of hydrogen-bond acceptors (Lipinski definition) is 1. The molecule has 0 atom stereocenters. The summed E-state index contributed by atoms with van der Waals surface area (Å²) in [7, 11) is 0. The van der Waals surface area contributed by atoms with Crippen LogP contribution in [0.1, 0.15) is 18.4 Å². The lowest BCUT2D eigenvalue weighted by Crippen LogP contribution is -1.81. The molecular formula is C12H11ClF2S. The summed E-state index contributed by atoms with van der Waals surface area (Å²) < 4.78 is 24.1. The summed E-state index contributed by atoms with van der Waals surface area (Å²) in [6.45, 7) is 0. The monoisotopic (exact) mass is 260 g/mol. The average Bonchev–Trinajstić information content (AvgIpc) is 2.26. The average molecular weight is 261 g/mol. The first-order chi connectivity index (χ1) is 7.72. The van der Waals surface area contributed by atoms with Gasteiger partial charge >= 0.3 is 0 Å². The third-order valence-corrected chi connectivity index (χ3v) is 2.74. The van der Waals surface area contributed by atoms with E-state index in [1.54, 1.807) is 24.3 Å². The van der Waals surface area contributed by atoms with Crippen LogP contribution in [0, 0.1) is 11.8 Å². The van der Waals surface area contributed by atoms with Crippen LogP contribution in [0.15, 0.2) is 29.2 Å². The minimum absolute atomic E-state index is 0.540. The van der Waals surface area contributed by atoms with Crippen molar-refractivity contribution in [3.8, 4) is 11.8 Å². The summed E-state index contributed by atoms with van der Waals surface area (Å²) >= 11 is 6.05. The largest absolute Gasteiger partial charge is 0.288 e. The van der Waals surface area contributed by atoms with Gasteiger partial charge in [-0.3, -0.25) is 0 Å². The number of thioether (sulfide) groups is 1. The molecule has 1 rings (SSSR count). The van der Waals surface area contributed by atoms with Crippen LogP contribution in [-0.2, 0) is 0 Å². The number of halogens is 3. The van der Waals surface area contributed by atoms with E-state index >= 15 is 0 Å². The fourth-order valence-corrected chi connectivity index (χ4v) is 1.67. The SMILES string of the molecule is FC(F)Sc1ccc(C#CCCCCl)cc1. The van der Waals surface area contributed by atoms with Crippen molar-refractivity contribution in [2.24, 2.45) is 0 Å². The van der Waals surface area contributed by atoms with Crippen molar-refractivity contribution in [1.29, 1.82) is 0 Å². The first-order valence-electron chi connectivity index (χ1n) is 4.82. The molecule has 0 aliphatic heterocycles. The quantitative estimate of drug-likeness (QED) is 0.335. The number of hydrogen-bond donors (Lipinski definition) is 0. The van der Waals surface area contributed by atoms with Gasteiger partial charge in [-0.2, -0.15) is 8.78 Å². The van der Waals surface area contributed by atoms with Crippen molar-refractivity contribution in [2.45, 2.75) is 23.5 Å². The fourth-order valence-electron chi connectivity index (χ4n) is 1.04. The molecule has 0 saturated carbocycles. The maximum absolute atomic E-state index is 12.0. The topological polar surface area (TPSA) is 0 Å². The highest BCUT2D eigenvalue weighted by atomic mass is 35.5. The van der Waals surface area contributed by atoms with Gasteiger partial charge in [0.2, 0.25) is 0 Å². The van der Waals surface area contributed by atoms with E-state index in [-0.39, 0.29) is 0 Å². The van der Waals surface area contributed by atoms with Crippen LogP contribution in [0.3, 0.4) is 0 Å². The van der Waals surface area contributed by atoms with Crippen LogP contribution >= 0.6 is 23.4 Å². The van der Waals surface area contributed by atoms with Crippen LogP contribution in [0.5, 0.6) is 0 Å². The van der Waals surface area contributed by atoms with Gasteiger partial charge in [0.1, 0.15) is 0 Å². The van der Waals surface area contributed by atoms with E-state index in [1.165, 1.54) is 0 Å². The third kappa shape index (κ3) is 5.39. The minimum Gasteiger partial charge on any atom is -0.198 e. The normalized spacial score (nSPS) is 10.0. The van der Waals surface area contributed by atoms with Crippen molar-refractivity contribution in [3.05, 3.63) is 29.8 Å². The summed E-state index contributed by atoms with van der Waals surface area (Å²) in [5, 5.41) is 0. The molecule has 0 aliphatic carbocycles. The first kappa shape index (κ1) is 13.3. The molecule has 0 fully saturated rings. The van der Waals surface area contributed by atoms with E-state index < -0.39 is 5.76 Å². The lowest BCUT2D eigenvalue weighted by Gasteiger charge is -1.98. The summed E-state index contributed by atoms with van der Waals surface area (Å²) in [5.41, 5.74) is 0.841. The highest BCUT2D eigenvalue weighted by Gasteiger charge is 2.03. The smallest absolute Gasteiger partial charge is 0.198 e. The van der Waals surface area contributed by atoms with Gasteiger partial charge in [-0.25, -0.2) is 0 Å². The zero-order valence-corrected chi connectivity index (χ0v) is 10.1. The molecule has 0 radical (unpaired) electrons. The summed E-state index contributed by atoms with van der Waals surface area (Å²) in [6, 6.07) is 6.81. The predicted octanol–water partition coefficient (Wildman–Crippen LogP) is 4.37. The molecule has 0 N–H and O–H groups in total. The van der Waals surface area contributed by atoms with E-state index in [4.69, 9.17) is 11.6 Å². The Morgan fingerprint density at radius 2 is 1.94 bits per heavy atom. The predicted molar refractivity (Wildman–Crippen MR) is 65.1 cm³/mol. The molecule has 0 bridgehead atoms. The molecule has 1 aromatic carbocycles. The van der Waals surface area contributed by atoms with Gasteiger partial charge in [0.15, 0.2) is 0 Å². The summed E-state index contributed by atoms with van der Waals surface area (Å²) in [4.78, 5) is 0.557. The number of alkyl halides is 3. The van der Waals surface area contributed by atoms with E-state index in [0.717, 1.165) is 18.4 Å². The zero-order chi connectivity index (χ0) is 11.8. The first-order valence-corrected chi connectivity index (χ1v) is 6.23. The highest BCUT2D eigenvalue weighted by Crippen LogP contribution is 2.24. The molecular weight excluding hydrogens is 250 g/mol. The van der Waals surface area contributed by atoms with Gasteiger partial charge < -0.3 is 0 Å². The van der Waals surface area contributed by atoms with Crippen molar-refractivity contribution >= 4 is 23.4 Å². The molecule has 0 heterocycles. The van der Waals surface area contributed by atoms with Gasteiger partial charge in [0.25, 0.3) is 5.76 Å². The van der Waals surface area contributed by atoms with Gasteiger partial charge in [-0.1, -0.05) is 23.6 Å². The van der Waals surface area contributed by atoms with E-state index in [9.17, 15) is 8.78 Å². The molecule has 86 valence electrons. The molecule has 0 aliphatic rings. The van der Waals surface area contributed by atoms with Crippen molar-refractivity contribution in [3.63, 3.8) is 0 Å². The Bertz CT molecular complexity index is 365. The molecule has 0 spiro atoms. The Kier molecular flexibility index (Phi) is 6.29. The molecule has 1 aromatic rings. The fraction of sp³-hybridized carbons (Fsp3) is 0.333. The molecule has 0 amide bonds. The van der Waals surface area contributed by atoms with Crippen LogP contribution in [-0.4, -0.2) is 11.6 Å². The Morgan fingerprint density at radius 3 is 2.50 bits per heavy atom. The van der Waals surface area contributed by atoms with Crippen LogP contribution in [0.25, 0.3) is 0 Å². The number of rotatable bonds is 4. The Labute approximate surface area is 103 Å². The number of benzene rings is 1. The minimum atomic E-state index is -2.37. The maximum Gasteiger partial charge on any atom is 0.288 e. The molecule has 4 heteroatoms. The zero-order valence-electron chi connectivity index (χ0n) is 8.55. The van der Waals surface area contributed by atoms with Crippen molar-refractivity contribution < 1.29 is 8.78 Å². The van der Waals surface area contributed by atoms with Crippen molar-refractivity contribution in [2.75, 3.05) is 5.88 Å². The standard InChI is InChI=1S/C12H11ClF2S/c13-9-3-1-2-4-10-5-7-11(8-6-10)16-12(14)15/h5-8,12H,1,3,9H2. The second kappa shape index (κ2) is 7.54. The number of unbranched alkanes of at least 4 members (excludes halogenated alkanes) is 1. The van der Waals surface area contributed by atoms with Crippen molar-refractivity contribution in [1.82, 2.24) is 0 Å². The lowest BCUT2D eigenvalue weighted by atomic mass is 10.2. The molecule has 0 unspecified atom stereocenters. The van der Waals surface area contributed by atoms with E-state index in [1.807, 2.05) is 0 Å². The van der Waals surface area contributed by atoms with E-state index in [0.29, 0.717) is 22.5 Å². The molecule has 0 saturated heterocycles. The Hall–Kier alpha value is -0.720. The summed E-state index contributed by atoms with van der Waals surface area (Å²) in [6.07, 6.45) is 1.63. The second-order valence-electron chi connectivity index (χ2n) is 3.00. The van der Waals surface area contributed by atoms with Crippen LogP contribution < -0.4 is 0 Å². The van der Waals surface area contributed by atoms with Gasteiger partial charge in [0.05, 0.1) is 0 Å². The van der Waals surface area contributed by atoms with Crippen LogP contribution in [0.2, 0.25) is 0 Å². The van der Waals surface area contributed by atoms with Gasteiger partial charge in [-0.05, 0) is 30.7 Å².